The first-order valence-electron chi connectivity index (χ1n) is 11.3. The number of hydrogen-bond donors (Lipinski definition) is 4. The van der Waals surface area contributed by atoms with Crippen molar-refractivity contribution in [2.24, 2.45) is 17.2 Å². The van der Waals surface area contributed by atoms with Crippen LogP contribution in [-0.2, 0) is 17.5 Å². The second-order valence-corrected chi connectivity index (χ2v) is 7.73. The first-order chi connectivity index (χ1) is 17.1. The minimum atomic E-state index is -4.26. The molecule has 9 heteroatoms. The molecule has 0 spiro atoms. The van der Waals surface area contributed by atoms with Crippen molar-refractivity contribution in [2.75, 3.05) is 6.54 Å². The number of carboxylic acids is 1. The molecule has 7 N–H and O–H groups in total. The minimum Gasteiger partial charge on any atom is -0.480 e. The molecule has 0 aliphatic heterocycles. The normalized spacial score (nSPS) is 11.3. The molecule has 194 valence electrons. The van der Waals surface area contributed by atoms with Crippen LogP contribution < -0.4 is 17.2 Å². The van der Waals surface area contributed by atoms with Crippen LogP contribution >= 0.6 is 0 Å². The zero-order valence-electron chi connectivity index (χ0n) is 19.8. The predicted octanol–water partition coefficient (Wildman–Crippen LogP) is 4.86. The molecule has 0 aromatic heterocycles. The van der Waals surface area contributed by atoms with Gasteiger partial charge >= 0.3 is 12.1 Å². The van der Waals surface area contributed by atoms with Gasteiger partial charge in [0.15, 0.2) is 0 Å². The SMILES string of the molecule is NCCCC[C@H](N)C(=O)O.NCc1ccc(C(F)(F)F)cc1.O=Cc1ccc(-c2ccccc2)cc1. The van der Waals surface area contributed by atoms with Crippen molar-refractivity contribution >= 4 is 12.3 Å². The van der Waals surface area contributed by atoms with Crippen LogP contribution in [0, 0.1) is 0 Å². The van der Waals surface area contributed by atoms with E-state index in [1.165, 1.54) is 17.7 Å². The Morgan fingerprint density at radius 3 is 1.86 bits per heavy atom. The predicted molar refractivity (Wildman–Crippen MR) is 135 cm³/mol. The van der Waals surface area contributed by atoms with Gasteiger partial charge < -0.3 is 22.3 Å². The van der Waals surface area contributed by atoms with Gasteiger partial charge in [0.2, 0.25) is 0 Å². The van der Waals surface area contributed by atoms with Crippen LogP contribution in [-0.4, -0.2) is 29.9 Å². The molecule has 6 nitrogen and oxygen atoms in total. The van der Waals surface area contributed by atoms with Gasteiger partial charge in [0, 0.05) is 12.1 Å². The van der Waals surface area contributed by atoms with Crippen molar-refractivity contribution in [2.45, 2.75) is 38.0 Å². The van der Waals surface area contributed by atoms with Crippen LogP contribution in [0.2, 0.25) is 0 Å². The lowest BCUT2D eigenvalue weighted by Gasteiger charge is -2.06. The van der Waals surface area contributed by atoms with Gasteiger partial charge in [-0.1, -0.05) is 73.2 Å². The summed E-state index contributed by atoms with van der Waals surface area (Å²) in [5, 5.41) is 8.33. The molecule has 0 aliphatic carbocycles. The first-order valence-corrected chi connectivity index (χ1v) is 11.3. The summed E-state index contributed by atoms with van der Waals surface area (Å²) in [6, 6.07) is 21.8. The summed E-state index contributed by atoms with van der Waals surface area (Å²) in [4.78, 5) is 20.6. The first kappa shape index (κ1) is 30.5. The number of unbranched alkanes of at least 4 members (excludes halogenated alkanes) is 1. The molecule has 0 amide bonds. The molecule has 3 aromatic carbocycles. The summed E-state index contributed by atoms with van der Waals surface area (Å²) in [5.74, 6) is -0.933. The van der Waals surface area contributed by atoms with Crippen molar-refractivity contribution in [3.63, 3.8) is 0 Å². The topological polar surface area (TPSA) is 132 Å². The number of aldehydes is 1. The maximum Gasteiger partial charge on any atom is 0.416 e. The highest BCUT2D eigenvalue weighted by molar-refractivity contribution is 5.76. The number of hydrogen-bond acceptors (Lipinski definition) is 5. The number of aliphatic carboxylic acids is 1. The lowest BCUT2D eigenvalue weighted by molar-refractivity contribution is -0.139. The van der Waals surface area contributed by atoms with Crippen LogP contribution in [0.15, 0.2) is 78.9 Å². The number of benzene rings is 3. The average molecular weight is 504 g/mol. The largest absolute Gasteiger partial charge is 0.480 e. The second-order valence-electron chi connectivity index (χ2n) is 7.73. The van der Waals surface area contributed by atoms with Gasteiger partial charge in [0.25, 0.3) is 0 Å². The fraction of sp³-hybridized carbons (Fsp3) is 0.259. The number of carbonyl (C=O) groups excluding carboxylic acids is 1. The summed E-state index contributed by atoms with van der Waals surface area (Å²) in [7, 11) is 0. The van der Waals surface area contributed by atoms with E-state index < -0.39 is 23.8 Å². The molecule has 3 rings (SSSR count). The standard InChI is InChI=1S/C13H10O.C8H8F3N.C6H14N2O2/c14-10-11-6-8-13(9-7-11)12-4-2-1-3-5-12;9-8(10,11)7-3-1-6(5-12)2-4-7;7-4-2-1-3-5(8)6(9)10/h1-10H;1-4H,5,12H2;5H,1-4,7-8H2,(H,9,10)/t;;5-/m..0/s1. The molecule has 0 fully saturated rings. The zero-order valence-corrected chi connectivity index (χ0v) is 19.8. The number of carbonyl (C=O) groups is 2. The van der Waals surface area contributed by atoms with Gasteiger partial charge in [-0.15, -0.1) is 0 Å². The van der Waals surface area contributed by atoms with E-state index in [0.29, 0.717) is 24.1 Å². The van der Waals surface area contributed by atoms with E-state index in [2.05, 4.69) is 12.1 Å². The highest BCUT2D eigenvalue weighted by Gasteiger charge is 2.29. The number of alkyl halides is 3. The van der Waals surface area contributed by atoms with Crippen molar-refractivity contribution in [3.8, 4) is 11.1 Å². The van der Waals surface area contributed by atoms with Gasteiger partial charge in [-0.3, -0.25) is 9.59 Å². The summed E-state index contributed by atoms with van der Waals surface area (Å²) in [6.45, 7) is 0.866. The van der Waals surface area contributed by atoms with Gasteiger partial charge in [0.05, 0.1) is 5.56 Å². The Hall–Kier alpha value is -3.53. The highest BCUT2D eigenvalue weighted by Crippen LogP contribution is 2.28. The van der Waals surface area contributed by atoms with Gasteiger partial charge in [0.1, 0.15) is 12.3 Å². The van der Waals surface area contributed by atoms with Crippen LogP contribution in [0.5, 0.6) is 0 Å². The summed E-state index contributed by atoms with van der Waals surface area (Å²) < 4.78 is 36.0. The van der Waals surface area contributed by atoms with E-state index in [0.717, 1.165) is 36.8 Å². The third-order valence-corrected chi connectivity index (χ3v) is 4.96. The monoisotopic (exact) mass is 503 g/mol. The smallest absolute Gasteiger partial charge is 0.416 e. The van der Waals surface area contributed by atoms with Crippen molar-refractivity contribution < 1.29 is 27.9 Å². The molecular weight excluding hydrogens is 471 g/mol. The van der Waals surface area contributed by atoms with Crippen LogP contribution in [0.25, 0.3) is 11.1 Å². The van der Waals surface area contributed by atoms with Crippen LogP contribution in [0.1, 0.15) is 40.7 Å². The van der Waals surface area contributed by atoms with Gasteiger partial charge in [-0.05, 0) is 48.2 Å². The number of carboxylic acid groups (broad SMARTS) is 1. The Bertz CT molecular complexity index is 1030. The molecule has 0 radical (unpaired) electrons. The molecule has 0 saturated carbocycles. The van der Waals surface area contributed by atoms with E-state index in [-0.39, 0.29) is 6.54 Å². The second kappa shape index (κ2) is 16.2. The average Bonchev–Trinajstić information content (AvgIpc) is 2.89. The third kappa shape index (κ3) is 11.7. The molecule has 0 saturated heterocycles. The summed E-state index contributed by atoms with van der Waals surface area (Å²) in [6.07, 6.45) is -1.24. The van der Waals surface area contributed by atoms with E-state index in [1.807, 2.05) is 42.5 Å². The van der Waals surface area contributed by atoms with E-state index in [1.54, 1.807) is 0 Å². The maximum atomic E-state index is 12.0. The van der Waals surface area contributed by atoms with E-state index in [4.69, 9.17) is 22.3 Å². The van der Waals surface area contributed by atoms with E-state index >= 15 is 0 Å². The highest BCUT2D eigenvalue weighted by atomic mass is 19.4. The molecule has 0 aliphatic rings. The third-order valence-electron chi connectivity index (χ3n) is 4.96. The molecular formula is C27H32F3N3O3. The Morgan fingerprint density at radius 2 is 1.42 bits per heavy atom. The van der Waals surface area contributed by atoms with E-state index in [9.17, 15) is 22.8 Å². The number of halogens is 3. The van der Waals surface area contributed by atoms with Crippen LogP contribution in [0.3, 0.4) is 0 Å². The molecule has 0 unspecified atom stereocenters. The Balaban J connectivity index is 0.000000275. The van der Waals surface area contributed by atoms with Gasteiger partial charge in [-0.25, -0.2) is 0 Å². The Morgan fingerprint density at radius 1 is 0.861 bits per heavy atom. The van der Waals surface area contributed by atoms with Crippen molar-refractivity contribution in [1.82, 2.24) is 0 Å². The summed E-state index contributed by atoms with van der Waals surface area (Å²) in [5.41, 5.74) is 18.7. The summed E-state index contributed by atoms with van der Waals surface area (Å²) >= 11 is 0. The molecule has 3 aromatic rings. The zero-order chi connectivity index (χ0) is 27.0. The quantitative estimate of drug-likeness (QED) is 0.256. The molecule has 0 heterocycles. The number of rotatable bonds is 8. The number of nitrogens with two attached hydrogens (primary N) is 3. The lowest BCUT2D eigenvalue weighted by Crippen LogP contribution is -2.29. The minimum absolute atomic E-state index is 0.262. The fourth-order valence-corrected chi connectivity index (χ4v) is 2.85. The maximum absolute atomic E-state index is 12.0. The molecule has 36 heavy (non-hydrogen) atoms. The Kier molecular flexibility index (Phi) is 13.7. The molecule has 0 bridgehead atoms. The van der Waals surface area contributed by atoms with Crippen LogP contribution in [0.4, 0.5) is 13.2 Å². The van der Waals surface area contributed by atoms with Crippen molar-refractivity contribution in [3.05, 3.63) is 95.6 Å². The lowest BCUT2D eigenvalue weighted by atomic mass is 10.0. The Labute approximate surface area is 208 Å². The van der Waals surface area contributed by atoms with Gasteiger partial charge in [-0.2, -0.15) is 13.2 Å². The fourth-order valence-electron chi connectivity index (χ4n) is 2.85. The van der Waals surface area contributed by atoms with Crippen molar-refractivity contribution in [1.29, 1.82) is 0 Å². The molecule has 1 atom stereocenters.